The van der Waals surface area contributed by atoms with Crippen molar-refractivity contribution in [2.75, 3.05) is 5.75 Å². The molecule has 130 valence electrons. The first-order valence-corrected chi connectivity index (χ1v) is 9.58. The minimum absolute atomic E-state index is 0.0793. The van der Waals surface area contributed by atoms with Crippen LogP contribution in [-0.2, 0) is 10.0 Å². The van der Waals surface area contributed by atoms with Gasteiger partial charge >= 0.3 is 0 Å². The van der Waals surface area contributed by atoms with Crippen LogP contribution in [0.25, 0.3) is 16.4 Å². The van der Waals surface area contributed by atoms with Gasteiger partial charge in [-0.3, -0.25) is 9.59 Å². The second-order valence-electron chi connectivity index (χ2n) is 5.87. The first-order chi connectivity index (χ1) is 11.8. The molecule has 0 aliphatic heterocycles. The van der Waals surface area contributed by atoms with Crippen LogP contribution in [0.3, 0.4) is 0 Å². The molecular formula is C18H18N2O4S. The summed E-state index contributed by atoms with van der Waals surface area (Å²) in [5, 5.41) is 0.598. The van der Waals surface area contributed by atoms with Gasteiger partial charge in [0.25, 0.3) is 5.91 Å². The van der Waals surface area contributed by atoms with Crippen molar-refractivity contribution in [2.24, 2.45) is 0 Å². The topological polar surface area (TPSA) is 84.7 Å². The van der Waals surface area contributed by atoms with Crippen molar-refractivity contribution in [2.45, 2.75) is 20.3 Å². The highest BCUT2D eigenvalue weighted by Crippen LogP contribution is 2.28. The summed E-state index contributed by atoms with van der Waals surface area (Å²) in [6.45, 7) is 3.21. The van der Waals surface area contributed by atoms with E-state index in [-0.39, 0.29) is 17.1 Å². The van der Waals surface area contributed by atoms with E-state index >= 15 is 0 Å². The SMILES string of the molecule is CCCS(=O)(=O)NC(=O)c1c2ccc(C(C)=O)cc2n2ccccc12. The molecule has 3 rings (SSSR count). The molecule has 6 nitrogen and oxygen atoms in total. The summed E-state index contributed by atoms with van der Waals surface area (Å²) in [7, 11) is -3.68. The summed E-state index contributed by atoms with van der Waals surface area (Å²) < 4.78 is 27.9. The van der Waals surface area contributed by atoms with E-state index < -0.39 is 15.9 Å². The zero-order valence-electron chi connectivity index (χ0n) is 13.9. The highest BCUT2D eigenvalue weighted by atomic mass is 32.2. The Morgan fingerprint density at radius 2 is 1.88 bits per heavy atom. The highest BCUT2D eigenvalue weighted by molar-refractivity contribution is 7.90. The Balaban J connectivity index is 2.23. The molecule has 25 heavy (non-hydrogen) atoms. The van der Waals surface area contributed by atoms with Gasteiger partial charge in [-0.2, -0.15) is 0 Å². The van der Waals surface area contributed by atoms with Crippen LogP contribution in [0.5, 0.6) is 0 Å². The molecule has 2 heterocycles. The number of Topliss-reactive ketones (excluding diaryl/α,β-unsaturated/α-hetero) is 1. The molecule has 0 bridgehead atoms. The maximum Gasteiger partial charge on any atom is 0.267 e. The number of rotatable bonds is 5. The largest absolute Gasteiger partial charge is 0.316 e. The monoisotopic (exact) mass is 358 g/mol. The molecule has 0 saturated carbocycles. The van der Waals surface area contributed by atoms with Crippen molar-refractivity contribution < 1.29 is 18.0 Å². The van der Waals surface area contributed by atoms with Crippen LogP contribution in [0.4, 0.5) is 0 Å². The van der Waals surface area contributed by atoms with Gasteiger partial charge in [-0.15, -0.1) is 0 Å². The molecule has 0 spiro atoms. The number of hydrogen-bond donors (Lipinski definition) is 1. The molecule has 2 aromatic heterocycles. The summed E-state index contributed by atoms with van der Waals surface area (Å²) in [5.41, 5.74) is 2.08. The Hall–Kier alpha value is -2.67. The number of nitrogens with zero attached hydrogens (tertiary/aromatic N) is 1. The quantitative estimate of drug-likeness (QED) is 0.711. The van der Waals surface area contributed by atoms with Gasteiger partial charge in [-0.25, -0.2) is 13.1 Å². The van der Waals surface area contributed by atoms with E-state index in [0.717, 1.165) is 0 Å². The van der Waals surface area contributed by atoms with E-state index in [0.29, 0.717) is 28.4 Å². The summed E-state index contributed by atoms with van der Waals surface area (Å²) in [6, 6.07) is 10.4. The molecule has 0 atom stereocenters. The Kier molecular flexibility index (Phi) is 4.34. The van der Waals surface area contributed by atoms with E-state index in [9.17, 15) is 18.0 Å². The first-order valence-electron chi connectivity index (χ1n) is 7.92. The number of ketones is 1. The van der Waals surface area contributed by atoms with Crippen LogP contribution in [-0.4, -0.2) is 30.3 Å². The van der Waals surface area contributed by atoms with Gasteiger partial charge in [0, 0.05) is 17.1 Å². The lowest BCUT2D eigenvalue weighted by Crippen LogP contribution is -2.32. The number of sulfonamides is 1. The van der Waals surface area contributed by atoms with Crippen LogP contribution in [0.2, 0.25) is 0 Å². The summed E-state index contributed by atoms with van der Waals surface area (Å²) in [4.78, 5) is 24.3. The zero-order valence-corrected chi connectivity index (χ0v) is 14.8. The maximum atomic E-state index is 12.7. The van der Waals surface area contributed by atoms with Crippen LogP contribution >= 0.6 is 0 Å². The predicted octanol–water partition coefficient (Wildman–Crippen LogP) is 2.76. The molecule has 0 fully saturated rings. The minimum atomic E-state index is -3.68. The molecule has 0 aliphatic carbocycles. The van der Waals surface area contributed by atoms with Crippen molar-refractivity contribution in [3.8, 4) is 0 Å². The normalized spacial score (nSPS) is 11.8. The molecular weight excluding hydrogens is 340 g/mol. The number of aromatic nitrogens is 1. The Morgan fingerprint density at radius 3 is 2.56 bits per heavy atom. The standard InChI is InChI=1S/C18H18N2O4S/c1-3-10-25(23,24)19-18(22)17-14-8-7-13(12(2)21)11-16(14)20-9-5-4-6-15(17)20/h4-9,11H,3,10H2,1-2H3,(H,19,22). The average Bonchev–Trinajstić information content (AvgIpc) is 2.88. The molecule has 3 aromatic rings. The van der Waals surface area contributed by atoms with Gasteiger partial charge < -0.3 is 4.40 Å². The van der Waals surface area contributed by atoms with Crippen molar-refractivity contribution in [1.82, 2.24) is 9.12 Å². The third-order valence-corrected chi connectivity index (χ3v) is 5.44. The summed E-state index contributed by atoms with van der Waals surface area (Å²) in [5.74, 6) is -0.858. The first kappa shape index (κ1) is 17.2. The van der Waals surface area contributed by atoms with Crippen molar-refractivity contribution in [3.63, 3.8) is 0 Å². The number of fused-ring (bicyclic) bond motifs is 3. The second kappa shape index (κ2) is 6.33. The lowest BCUT2D eigenvalue weighted by atomic mass is 10.1. The average molecular weight is 358 g/mol. The number of carbonyl (C=O) groups is 2. The van der Waals surface area contributed by atoms with Crippen molar-refractivity contribution in [3.05, 3.63) is 53.7 Å². The Morgan fingerprint density at radius 1 is 1.12 bits per heavy atom. The number of carbonyl (C=O) groups excluding carboxylic acids is 2. The molecule has 0 saturated heterocycles. The molecule has 0 radical (unpaired) electrons. The molecule has 1 amide bonds. The fourth-order valence-electron chi connectivity index (χ4n) is 2.91. The van der Waals surface area contributed by atoms with Gasteiger partial charge in [0.2, 0.25) is 10.0 Å². The highest BCUT2D eigenvalue weighted by Gasteiger charge is 2.22. The third kappa shape index (κ3) is 3.15. The number of nitrogens with one attached hydrogen (secondary N) is 1. The number of benzene rings is 1. The van der Waals surface area contributed by atoms with Gasteiger partial charge in [0.05, 0.1) is 22.3 Å². The van der Waals surface area contributed by atoms with Crippen LogP contribution in [0, 0.1) is 0 Å². The predicted molar refractivity (Wildman–Crippen MR) is 96.5 cm³/mol. The van der Waals surface area contributed by atoms with Crippen LogP contribution < -0.4 is 4.72 Å². The third-order valence-electron chi connectivity index (χ3n) is 4.00. The Bertz CT molecular complexity index is 1100. The van der Waals surface area contributed by atoms with E-state index in [4.69, 9.17) is 0 Å². The fraction of sp³-hybridized carbons (Fsp3) is 0.222. The lowest BCUT2D eigenvalue weighted by molar-refractivity contribution is 0.0982. The second-order valence-corrected chi connectivity index (χ2v) is 7.71. The summed E-state index contributed by atoms with van der Waals surface area (Å²) in [6.07, 6.45) is 2.20. The van der Waals surface area contributed by atoms with E-state index in [1.54, 1.807) is 47.9 Å². The lowest BCUT2D eigenvalue weighted by Gasteiger charge is -2.05. The number of hydrogen-bond acceptors (Lipinski definition) is 4. The van der Waals surface area contributed by atoms with Gasteiger partial charge in [-0.05, 0) is 31.5 Å². The van der Waals surface area contributed by atoms with Crippen molar-refractivity contribution >= 4 is 38.1 Å². The number of pyridine rings is 1. The molecule has 0 unspecified atom stereocenters. The van der Waals surface area contributed by atoms with Gasteiger partial charge in [0.15, 0.2) is 5.78 Å². The van der Waals surface area contributed by atoms with E-state index in [1.807, 2.05) is 6.07 Å². The van der Waals surface area contributed by atoms with E-state index in [1.165, 1.54) is 6.92 Å². The van der Waals surface area contributed by atoms with E-state index in [2.05, 4.69) is 4.72 Å². The number of amides is 1. The molecule has 0 aliphatic rings. The zero-order chi connectivity index (χ0) is 18.2. The smallest absolute Gasteiger partial charge is 0.267 e. The van der Waals surface area contributed by atoms with Gasteiger partial charge in [0.1, 0.15) is 0 Å². The van der Waals surface area contributed by atoms with Crippen molar-refractivity contribution in [1.29, 1.82) is 0 Å². The molecule has 1 aromatic carbocycles. The summed E-state index contributed by atoms with van der Waals surface area (Å²) >= 11 is 0. The minimum Gasteiger partial charge on any atom is -0.316 e. The fourth-order valence-corrected chi connectivity index (χ4v) is 3.93. The van der Waals surface area contributed by atoms with Crippen LogP contribution in [0.15, 0.2) is 42.6 Å². The molecule has 7 heteroatoms. The Labute approximate surface area is 145 Å². The maximum absolute atomic E-state index is 12.7. The molecule has 1 N–H and O–H groups in total. The van der Waals surface area contributed by atoms with Gasteiger partial charge in [-0.1, -0.05) is 25.1 Å². The van der Waals surface area contributed by atoms with Crippen LogP contribution in [0.1, 0.15) is 41.0 Å².